The molecular formula is C31H34Cl2FN5O3. The molecule has 2 aliphatic rings. The van der Waals surface area contributed by atoms with Gasteiger partial charge < -0.3 is 19.9 Å². The van der Waals surface area contributed by atoms with E-state index in [9.17, 15) is 14.5 Å². The zero-order valence-electron chi connectivity index (χ0n) is 23.5. The molecule has 1 N–H and O–H groups in total. The number of anilines is 1. The highest BCUT2D eigenvalue weighted by atomic mass is 35.5. The van der Waals surface area contributed by atoms with Gasteiger partial charge in [0, 0.05) is 66.0 Å². The number of hydrogen-bond acceptors (Lipinski definition) is 5. The Labute approximate surface area is 255 Å². The number of nitrogens with zero attached hydrogens (tertiary/aromatic N) is 4. The molecule has 0 amide bonds. The molecule has 42 heavy (non-hydrogen) atoms. The maximum Gasteiger partial charge on any atom is 0.311 e. The van der Waals surface area contributed by atoms with Crippen LogP contribution in [0.3, 0.4) is 0 Å². The second-order valence-corrected chi connectivity index (χ2v) is 11.5. The summed E-state index contributed by atoms with van der Waals surface area (Å²) in [5, 5.41) is 16.2. The first-order valence-corrected chi connectivity index (χ1v) is 14.9. The molecule has 3 aromatic rings. The van der Waals surface area contributed by atoms with Gasteiger partial charge in [-0.1, -0.05) is 41.4 Å². The molecule has 1 aliphatic carbocycles. The molecule has 0 spiro atoms. The van der Waals surface area contributed by atoms with Gasteiger partial charge in [-0.15, -0.1) is 0 Å². The van der Waals surface area contributed by atoms with E-state index in [1.54, 1.807) is 18.2 Å². The van der Waals surface area contributed by atoms with E-state index >= 15 is 0 Å². The summed E-state index contributed by atoms with van der Waals surface area (Å²) >= 11 is 12.5. The summed E-state index contributed by atoms with van der Waals surface area (Å²) in [6, 6.07) is 17.3. The standard InChI is InChI=1S/C31H34Cl2FN5O3/c1-2-42-29-20-26(9-10-28(29)39(40)41)37-15-17-38(18-16-37)30(35-14-11-22-3-6-24(32)19-27(22)33)36-21-31(12-13-31)23-4-7-25(34)8-5-23/h3-10,19-20H,2,11-18,21H2,1H3,(H,35,36). The van der Waals surface area contributed by atoms with Crippen molar-refractivity contribution in [1.29, 1.82) is 0 Å². The van der Waals surface area contributed by atoms with Crippen LogP contribution in [-0.4, -0.2) is 61.7 Å². The van der Waals surface area contributed by atoms with E-state index in [2.05, 4.69) is 15.1 Å². The number of halogens is 3. The summed E-state index contributed by atoms with van der Waals surface area (Å²) in [5.74, 6) is 0.870. The lowest BCUT2D eigenvalue weighted by atomic mass is 9.96. The van der Waals surface area contributed by atoms with Crippen molar-refractivity contribution < 1.29 is 14.1 Å². The zero-order valence-corrected chi connectivity index (χ0v) is 25.0. The van der Waals surface area contributed by atoms with Gasteiger partial charge in [0.2, 0.25) is 0 Å². The van der Waals surface area contributed by atoms with Crippen molar-refractivity contribution in [2.24, 2.45) is 4.99 Å². The third-order valence-electron chi connectivity index (χ3n) is 7.92. The number of ether oxygens (including phenoxy) is 1. The topological polar surface area (TPSA) is 83.2 Å². The summed E-state index contributed by atoms with van der Waals surface area (Å²) in [6.07, 6.45) is 2.75. The first-order chi connectivity index (χ1) is 20.3. The minimum Gasteiger partial charge on any atom is -0.487 e. The third-order valence-corrected chi connectivity index (χ3v) is 8.51. The summed E-state index contributed by atoms with van der Waals surface area (Å²) in [6.45, 7) is 6.30. The van der Waals surface area contributed by atoms with Gasteiger partial charge in [0.25, 0.3) is 0 Å². The Balaban J connectivity index is 1.29. The van der Waals surface area contributed by atoms with Crippen molar-refractivity contribution in [2.75, 3.05) is 50.8 Å². The number of nitrogens with one attached hydrogen (secondary N) is 1. The molecule has 0 atom stereocenters. The predicted molar refractivity (Wildman–Crippen MR) is 166 cm³/mol. The highest BCUT2D eigenvalue weighted by Crippen LogP contribution is 2.48. The largest absolute Gasteiger partial charge is 0.487 e. The molecule has 0 unspecified atom stereocenters. The number of aliphatic imine (C=N–C) groups is 1. The molecule has 1 heterocycles. The van der Waals surface area contributed by atoms with Gasteiger partial charge in [-0.05, 0) is 67.6 Å². The quantitative estimate of drug-likeness (QED) is 0.122. The SMILES string of the molecule is CCOc1cc(N2CCN(C(=NCC3(c4ccc(F)cc4)CC3)NCCc3ccc(Cl)cc3Cl)CC2)ccc1[N+](=O)[O-]. The highest BCUT2D eigenvalue weighted by molar-refractivity contribution is 6.35. The molecule has 1 saturated heterocycles. The minimum absolute atomic E-state index is 0.0335. The second-order valence-electron chi connectivity index (χ2n) is 10.7. The van der Waals surface area contributed by atoms with E-state index in [-0.39, 0.29) is 22.7 Å². The van der Waals surface area contributed by atoms with E-state index in [4.69, 9.17) is 32.9 Å². The molecule has 1 saturated carbocycles. The number of nitro groups is 1. The first kappa shape index (κ1) is 29.9. The Hall–Kier alpha value is -3.56. The van der Waals surface area contributed by atoms with Crippen LogP contribution < -0.4 is 15.0 Å². The van der Waals surface area contributed by atoms with Crippen molar-refractivity contribution >= 4 is 40.5 Å². The fourth-order valence-electron chi connectivity index (χ4n) is 5.32. The summed E-state index contributed by atoms with van der Waals surface area (Å²) in [4.78, 5) is 20.5. The lowest BCUT2D eigenvalue weighted by Gasteiger charge is -2.38. The van der Waals surface area contributed by atoms with Crippen LogP contribution >= 0.6 is 23.2 Å². The van der Waals surface area contributed by atoms with E-state index < -0.39 is 4.92 Å². The van der Waals surface area contributed by atoms with Crippen molar-refractivity contribution in [3.05, 3.63) is 97.8 Å². The molecule has 3 aromatic carbocycles. The van der Waals surface area contributed by atoms with Gasteiger partial charge in [-0.3, -0.25) is 15.1 Å². The molecule has 8 nitrogen and oxygen atoms in total. The highest BCUT2D eigenvalue weighted by Gasteiger charge is 2.44. The summed E-state index contributed by atoms with van der Waals surface area (Å²) in [5.41, 5.74) is 2.92. The fourth-order valence-corrected chi connectivity index (χ4v) is 5.82. The molecule has 5 rings (SSSR count). The molecule has 0 aromatic heterocycles. The molecule has 0 radical (unpaired) electrons. The Bertz CT molecular complexity index is 1440. The predicted octanol–water partition coefficient (Wildman–Crippen LogP) is 6.48. The number of nitro benzene ring substituents is 1. The maximum absolute atomic E-state index is 13.6. The smallest absolute Gasteiger partial charge is 0.311 e. The van der Waals surface area contributed by atoms with Crippen molar-refractivity contribution in [3.63, 3.8) is 0 Å². The van der Waals surface area contributed by atoms with E-state index in [0.717, 1.165) is 61.8 Å². The van der Waals surface area contributed by atoms with Crippen LogP contribution in [0.25, 0.3) is 0 Å². The van der Waals surface area contributed by atoms with Crippen LogP contribution in [0.15, 0.2) is 65.7 Å². The van der Waals surface area contributed by atoms with Crippen LogP contribution in [0.2, 0.25) is 10.0 Å². The fraction of sp³-hybridized carbons (Fsp3) is 0.387. The van der Waals surface area contributed by atoms with Crippen LogP contribution in [0.5, 0.6) is 5.75 Å². The van der Waals surface area contributed by atoms with Gasteiger partial charge in [-0.2, -0.15) is 0 Å². The summed E-state index contributed by atoms with van der Waals surface area (Å²) < 4.78 is 19.1. The minimum atomic E-state index is -0.420. The lowest BCUT2D eigenvalue weighted by molar-refractivity contribution is -0.385. The van der Waals surface area contributed by atoms with Gasteiger partial charge in [0.1, 0.15) is 5.82 Å². The van der Waals surface area contributed by atoms with Gasteiger partial charge in [0.05, 0.1) is 18.1 Å². The van der Waals surface area contributed by atoms with Crippen LogP contribution in [0.1, 0.15) is 30.9 Å². The molecule has 11 heteroatoms. The molecule has 2 fully saturated rings. The second kappa shape index (κ2) is 13.2. The number of guanidine groups is 1. The maximum atomic E-state index is 13.6. The monoisotopic (exact) mass is 613 g/mol. The van der Waals surface area contributed by atoms with E-state index in [1.165, 1.54) is 18.2 Å². The molecule has 1 aliphatic heterocycles. The Morgan fingerprint density at radius 2 is 1.81 bits per heavy atom. The first-order valence-electron chi connectivity index (χ1n) is 14.2. The van der Waals surface area contributed by atoms with Gasteiger partial charge >= 0.3 is 5.69 Å². The van der Waals surface area contributed by atoms with Crippen LogP contribution in [0, 0.1) is 15.9 Å². The normalized spacial score (nSPS) is 16.3. The number of rotatable bonds is 10. The van der Waals surface area contributed by atoms with Crippen molar-refractivity contribution in [1.82, 2.24) is 10.2 Å². The Kier molecular flexibility index (Phi) is 9.38. The lowest BCUT2D eigenvalue weighted by Crippen LogP contribution is -2.53. The summed E-state index contributed by atoms with van der Waals surface area (Å²) in [7, 11) is 0. The van der Waals surface area contributed by atoms with Crippen molar-refractivity contribution in [2.45, 2.75) is 31.6 Å². The molecule has 222 valence electrons. The van der Waals surface area contributed by atoms with Crippen LogP contribution in [-0.2, 0) is 11.8 Å². The average molecular weight is 615 g/mol. The van der Waals surface area contributed by atoms with E-state index in [0.29, 0.717) is 36.2 Å². The van der Waals surface area contributed by atoms with Crippen molar-refractivity contribution in [3.8, 4) is 5.75 Å². The van der Waals surface area contributed by atoms with Crippen LogP contribution in [0.4, 0.5) is 15.8 Å². The van der Waals surface area contributed by atoms with Gasteiger partial charge in [-0.25, -0.2) is 4.39 Å². The zero-order chi connectivity index (χ0) is 29.7. The molecular weight excluding hydrogens is 580 g/mol. The average Bonchev–Trinajstić information content (AvgIpc) is 3.77. The number of hydrogen-bond donors (Lipinski definition) is 1. The van der Waals surface area contributed by atoms with Gasteiger partial charge in [0.15, 0.2) is 11.7 Å². The van der Waals surface area contributed by atoms with E-state index in [1.807, 2.05) is 31.2 Å². The third kappa shape index (κ3) is 7.07. The number of piperazine rings is 1. The Morgan fingerprint density at radius 3 is 2.45 bits per heavy atom. The molecule has 0 bridgehead atoms. The Morgan fingerprint density at radius 1 is 1.07 bits per heavy atom. The number of benzene rings is 3.